The van der Waals surface area contributed by atoms with Gasteiger partial charge in [-0.05, 0) is 62.4 Å². The number of hydrogen-bond donors (Lipinski definition) is 0. The van der Waals surface area contributed by atoms with Crippen molar-refractivity contribution >= 4 is 16.9 Å². The molecule has 0 saturated carbocycles. The first kappa shape index (κ1) is 17.7. The molecule has 1 heterocycles. The van der Waals surface area contributed by atoms with Gasteiger partial charge in [-0.15, -0.1) is 0 Å². The minimum absolute atomic E-state index is 0.305. The molecule has 1 unspecified atom stereocenters. The zero-order valence-corrected chi connectivity index (χ0v) is 14.4. The molecule has 0 radical (unpaired) electrons. The number of nitrogens with zero attached hydrogens (tertiary/aromatic N) is 1. The number of benzene rings is 2. The highest BCUT2D eigenvalue weighted by Gasteiger charge is 2.15. The van der Waals surface area contributed by atoms with Crippen LogP contribution in [0.5, 0.6) is 17.4 Å². The maximum absolute atomic E-state index is 13.2. The lowest BCUT2D eigenvalue weighted by Gasteiger charge is -2.13. The van der Waals surface area contributed by atoms with Crippen molar-refractivity contribution in [3.8, 4) is 17.4 Å². The largest absolute Gasteiger partial charge is 0.479 e. The van der Waals surface area contributed by atoms with Crippen LogP contribution in [0.25, 0.3) is 10.9 Å². The summed E-state index contributed by atoms with van der Waals surface area (Å²) in [5, 5.41) is 0.703. The molecule has 5 nitrogen and oxygen atoms in total. The highest BCUT2D eigenvalue weighted by Crippen LogP contribution is 2.25. The van der Waals surface area contributed by atoms with E-state index in [1.807, 2.05) is 0 Å². The predicted molar refractivity (Wildman–Crippen MR) is 94.9 cm³/mol. The van der Waals surface area contributed by atoms with Crippen LogP contribution in [-0.2, 0) is 9.53 Å². The monoisotopic (exact) mass is 355 g/mol. The molecule has 134 valence electrons. The Balaban J connectivity index is 1.67. The van der Waals surface area contributed by atoms with Crippen molar-refractivity contribution in [1.82, 2.24) is 4.98 Å². The third-order valence-corrected chi connectivity index (χ3v) is 3.60. The predicted octanol–water partition coefficient (Wildman–Crippen LogP) is 4.50. The standard InChI is InChI=1S/C20H18FNO4/c1-3-24-20(23)13(2)25-16-6-8-17(9-7-16)26-19-11-4-14-12-15(21)5-10-18(14)22-19/h4-13H,3H2,1-2H3. The fourth-order valence-corrected chi connectivity index (χ4v) is 2.35. The van der Waals surface area contributed by atoms with E-state index >= 15 is 0 Å². The number of rotatable bonds is 6. The molecule has 26 heavy (non-hydrogen) atoms. The normalized spacial score (nSPS) is 11.8. The Morgan fingerprint density at radius 1 is 1.08 bits per heavy atom. The molecule has 0 aliphatic heterocycles. The van der Waals surface area contributed by atoms with Crippen LogP contribution >= 0.6 is 0 Å². The van der Waals surface area contributed by atoms with Gasteiger partial charge in [-0.1, -0.05) is 0 Å². The molecule has 6 heteroatoms. The van der Waals surface area contributed by atoms with Gasteiger partial charge >= 0.3 is 5.97 Å². The van der Waals surface area contributed by atoms with E-state index in [0.29, 0.717) is 34.9 Å². The second-order valence-corrected chi connectivity index (χ2v) is 5.57. The van der Waals surface area contributed by atoms with Crippen molar-refractivity contribution in [3.63, 3.8) is 0 Å². The number of carbonyl (C=O) groups is 1. The Morgan fingerprint density at radius 2 is 1.81 bits per heavy atom. The topological polar surface area (TPSA) is 57.7 Å². The van der Waals surface area contributed by atoms with Crippen LogP contribution < -0.4 is 9.47 Å². The highest BCUT2D eigenvalue weighted by molar-refractivity contribution is 5.79. The Morgan fingerprint density at radius 3 is 2.54 bits per heavy atom. The van der Waals surface area contributed by atoms with Crippen molar-refractivity contribution in [2.75, 3.05) is 6.61 Å². The van der Waals surface area contributed by atoms with E-state index in [1.165, 1.54) is 12.1 Å². The Labute approximate surface area is 150 Å². The summed E-state index contributed by atoms with van der Waals surface area (Å²) in [7, 11) is 0. The average molecular weight is 355 g/mol. The van der Waals surface area contributed by atoms with Gasteiger partial charge in [-0.25, -0.2) is 14.2 Å². The van der Waals surface area contributed by atoms with E-state index in [4.69, 9.17) is 14.2 Å². The fraction of sp³-hybridized carbons (Fsp3) is 0.200. The van der Waals surface area contributed by atoms with Crippen LogP contribution in [0.3, 0.4) is 0 Å². The van der Waals surface area contributed by atoms with E-state index in [9.17, 15) is 9.18 Å². The molecule has 2 aromatic carbocycles. The molecule has 0 spiro atoms. The average Bonchev–Trinajstić information content (AvgIpc) is 2.63. The van der Waals surface area contributed by atoms with Crippen LogP contribution in [0.15, 0.2) is 54.6 Å². The van der Waals surface area contributed by atoms with E-state index < -0.39 is 12.1 Å². The van der Waals surface area contributed by atoms with Gasteiger partial charge in [-0.3, -0.25) is 0 Å². The fourth-order valence-electron chi connectivity index (χ4n) is 2.35. The first-order chi connectivity index (χ1) is 12.5. The second kappa shape index (κ2) is 7.82. The zero-order chi connectivity index (χ0) is 18.5. The molecule has 0 saturated heterocycles. The zero-order valence-electron chi connectivity index (χ0n) is 14.4. The maximum atomic E-state index is 13.2. The number of halogens is 1. The first-order valence-corrected chi connectivity index (χ1v) is 8.22. The first-order valence-electron chi connectivity index (χ1n) is 8.22. The number of aromatic nitrogens is 1. The molecule has 0 aliphatic rings. The van der Waals surface area contributed by atoms with Gasteiger partial charge < -0.3 is 14.2 Å². The SMILES string of the molecule is CCOC(=O)C(C)Oc1ccc(Oc2ccc3cc(F)ccc3n2)cc1. The molecular formula is C20H18FNO4. The molecular weight excluding hydrogens is 337 g/mol. The molecule has 0 bridgehead atoms. The van der Waals surface area contributed by atoms with Gasteiger partial charge in [-0.2, -0.15) is 0 Å². The van der Waals surface area contributed by atoms with Crippen molar-refractivity contribution in [1.29, 1.82) is 0 Å². The molecule has 3 aromatic rings. The molecule has 0 amide bonds. The summed E-state index contributed by atoms with van der Waals surface area (Å²) >= 11 is 0. The number of pyridine rings is 1. The summed E-state index contributed by atoms with van der Waals surface area (Å²) in [6.07, 6.45) is -0.690. The van der Waals surface area contributed by atoms with Crippen molar-refractivity contribution in [2.45, 2.75) is 20.0 Å². The Kier molecular flexibility index (Phi) is 5.31. The Hall–Kier alpha value is -3.15. The van der Waals surface area contributed by atoms with Crippen molar-refractivity contribution < 1.29 is 23.4 Å². The molecule has 3 rings (SSSR count). The van der Waals surface area contributed by atoms with Gasteiger partial charge in [0.2, 0.25) is 5.88 Å². The van der Waals surface area contributed by atoms with Gasteiger partial charge in [0.1, 0.15) is 17.3 Å². The maximum Gasteiger partial charge on any atom is 0.347 e. The van der Waals surface area contributed by atoms with E-state index in [1.54, 1.807) is 56.3 Å². The lowest BCUT2D eigenvalue weighted by molar-refractivity contribution is -0.150. The van der Waals surface area contributed by atoms with Crippen LogP contribution in [0.4, 0.5) is 4.39 Å². The lowest BCUT2D eigenvalue weighted by atomic mass is 10.2. The minimum atomic E-state index is -0.690. The van der Waals surface area contributed by atoms with E-state index in [2.05, 4.69) is 4.98 Å². The quantitative estimate of drug-likeness (QED) is 0.610. The smallest absolute Gasteiger partial charge is 0.347 e. The minimum Gasteiger partial charge on any atom is -0.479 e. The molecule has 0 N–H and O–H groups in total. The van der Waals surface area contributed by atoms with Crippen molar-refractivity contribution in [3.05, 3.63) is 60.4 Å². The van der Waals surface area contributed by atoms with E-state index in [0.717, 1.165) is 0 Å². The third-order valence-electron chi connectivity index (χ3n) is 3.60. The summed E-state index contributed by atoms with van der Waals surface area (Å²) in [5.41, 5.74) is 0.645. The second-order valence-electron chi connectivity index (χ2n) is 5.57. The van der Waals surface area contributed by atoms with E-state index in [-0.39, 0.29) is 5.82 Å². The van der Waals surface area contributed by atoms with Crippen molar-refractivity contribution in [2.24, 2.45) is 0 Å². The van der Waals surface area contributed by atoms with Gasteiger partial charge in [0.25, 0.3) is 0 Å². The summed E-state index contributed by atoms with van der Waals surface area (Å²) in [4.78, 5) is 15.9. The van der Waals surface area contributed by atoms with Gasteiger partial charge in [0.05, 0.1) is 12.1 Å². The molecule has 0 aliphatic carbocycles. The number of esters is 1. The summed E-state index contributed by atoms with van der Waals surface area (Å²) in [6, 6.07) is 14.6. The lowest BCUT2D eigenvalue weighted by Crippen LogP contribution is -2.25. The summed E-state index contributed by atoms with van der Waals surface area (Å²) < 4.78 is 29.3. The molecule has 1 atom stereocenters. The highest BCUT2D eigenvalue weighted by atomic mass is 19.1. The Bertz CT molecular complexity index is 911. The number of ether oxygens (including phenoxy) is 3. The van der Waals surface area contributed by atoms with Crippen LogP contribution in [0, 0.1) is 5.82 Å². The van der Waals surface area contributed by atoms with Crippen LogP contribution in [0.2, 0.25) is 0 Å². The van der Waals surface area contributed by atoms with Gasteiger partial charge in [0.15, 0.2) is 6.10 Å². The van der Waals surface area contributed by atoms with Crippen LogP contribution in [0.1, 0.15) is 13.8 Å². The number of fused-ring (bicyclic) bond motifs is 1. The van der Waals surface area contributed by atoms with Crippen LogP contribution in [-0.4, -0.2) is 23.7 Å². The molecule has 1 aromatic heterocycles. The summed E-state index contributed by atoms with van der Waals surface area (Å²) in [6.45, 7) is 3.68. The van der Waals surface area contributed by atoms with Gasteiger partial charge in [0, 0.05) is 11.5 Å². The summed E-state index contributed by atoms with van der Waals surface area (Å²) in [5.74, 6) is 0.776. The number of hydrogen-bond acceptors (Lipinski definition) is 5. The number of carbonyl (C=O) groups excluding carboxylic acids is 1. The third kappa shape index (κ3) is 4.27. The molecule has 0 fully saturated rings.